The van der Waals surface area contributed by atoms with E-state index in [1.807, 2.05) is 20.8 Å². The van der Waals surface area contributed by atoms with Crippen molar-refractivity contribution < 1.29 is 19.1 Å². The van der Waals surface area contributed by atoms with Crippen molar-refractivity contribution in [3.63, 3.8) is 0 Å². The van der Waals surface area contributed by atoms with Crippen LogP contribution < -0.4 is 4.74 Å². The Hall–Kier alpha value is -1.84. The number of ether oxygens (including phenoxy) is 2. The van der Waals surface area contributed by atoms with E-state index in [0.717, 1.165) is 25.7 Å². The highest BCUT2D eigenvalue weighted by atomic mass is 16.5. The zero-order valence-corrected chi connectivity index (χ0v) is 14.6. The molecule has 0 bridgehead atoms. The number of unbranched alkanes of at least 4 members (excludes halogenated alkanes) is 1. The molecule has 0 saturated heterocycles. The molecular weight excluding hydrogens is 292 g/mol. The number of carbonyl (C=O) groups excluding carboxylic acids is 2. The Balaban J connectivity index is 2.86. The average molecular weight is 320 g/mol. The van der Waals surface area contributed by atoms with Crippen molar-refractivity contribution in [2.75, 3.05) is 6.61 Å². The van der Waals surface area contributed by atoms with Gasteiger partial charge in [0.15, 0.2) is 0 Å². The molecule has 128 valence electrons. The first kappa shape index (κ1) is 19.2. The second kappa shape index (κ2) is 10.0. The second-order valence-electron chi connectivity index (χ2n) is 6.05. The maximum atomic E-state index is 12.5. The van der Waals surface area contributed by atoms with Crippen molar-refractivity contribution in [2.45, 2.75) is 53.4 Å². The number of carbonyl (C=O) groups is 2. The van der Waals surface area contributed by atoms with Crippen molar-refractivity contribution in [3.8, 4) is 5.75 Å². The molecule has 1 atom stereocenters. The van der Waals surface area contributed by atoms with Crippen molar-refractivity contribution >= 4 is 11.9 Å². The molecule has 1 unspecified atom stereocenters. The minimum absolute atomic E-state index is 0.158. The smallest absolute Gasteiger partial charge is 0.341 e. The fourth-order valence-corrected chi connectivity index (χ4v) is 2.33. The second-order valence-corrected chi connectivity index (χ2v) is 6.05. The number of hydrogen-bond donors (Lipinski definition) is 0. The van der Waals surface area contributed by atoms with E-state index in [4.69, 9.17) is 9.47 Å². The molecule has 0 heterocycles. The van der Waals surface area contributed by atoms with Crippen LogP contribution in [-0.4, -0.2) is 18.5 Å². The van der Waals surface area contributed by atoms with Crippen molar-refractivity contribution in [3.05, 3.63) is 29.8 Å². The first-order valence-corrected chi connectivity index (χ1v) is 8.49. The van der Waals surface area contributed by atoms with E-state index in [0.29, 0.717) is 12.2 Å². The summed E-state index contributed by atoms with van der Waals surface area (Å²) in [7, 11) is 0. The van der Waals surface area contributed by atoms with Gasteiger partial charge in [-0.3, -0.25) is 4.79 Å². The largest absolute Gasteiger partial charge is 0.462 e. The molecular formula is C19H28O4. The van der Waals surface area contributed by atoms with Crippen LogP contribution in [0.15, 0.2) is 24.3 Å². The van der Waals surface area contributed by atoms with Crippen molar-refractivity contribution in [1.29, 1.82) is 0 Å². The van der Waals surface area contributed by atoms with Crippen LogP contribution in [0.5, 0.6) is 5.75 Å². The summed E-state index contributed by atoms with van der Waals surface area (Å²) >= 11 is 0. The van der Waals surface area contributed by atoms with Crippen molar-refractivity contribution in [1.82, 2.24) is 0 Å². The number of rotatable bonds is 9. The predicted octanol–water partition coefficient (Wildman–Crippen LogP) is 4.62. The van der Waals surface area contributed by atoms with Crippen LogP contribution in [0.1, 0.15) is 63.7 Å². The monoisotopic (exact) mass is 320 g/mol. The van der Waals surface area contributed by atoms with Gasteiger partial charge in [0.2, 0.25) is 0 Å². The van der Waals surface area contributed by atoms with Gasteiger partial charge >= 0.3 is 11.9 Å². The van der Waals surface area contributed by atoms with Crippen LogP contribution in [0.3, 0.4) is 0 Å². The van der Waals surface area contributed by atoms with E-state index in [1.165, 1.54) is 0 Å². The zero-order valence-electron chi connectivity index (χ0n) is 14.6. The standard InChI is InChI=1S/C19H28O4/c1-5-7-10-15(14(3)4)19(21)23-17-12-9-8-11-16(17)18(20)22-13-6-2/h8-9,11-12,14-15H,5-7,10,13H2,1-4H3. The lowest BCUT2D eigenvalue weighted by molar-refractivity contribution is -0.140. The number of esters is 2. The average Bonchev–Trinajstić information content (AvgIpc) is 2.53. The molecule has 1 aromatic rings. The molecule has 23 heavy (non-hydrogen) atoms. The molecule has 0 aromatic heterocycles. The molecule has 0 fully saturated rings. The number of para-hydroxylation sites is 1. The molecule has 1 aromatic carbocycles. The summed E-state index contributed by atoms with van der Waals surface area (Å²) in [4.78, 5) is 24.5. The molecule has 0 amide bonds. The van der Waals surface area contributed by atoms with E-state index < -0.39 is 5.97 Å². The summed E-state index contributed by atoms with van der Waals surface area (Å²) in [6, 6.07) is 6.74. The molecule has 0 saturated carbocycles. The van der Waals surface area contributed by atoms with E-state index in [2.05, 4.69) is 6.92 Å². The summed E-state index contributed by atoms with van der Waals surface area (Å²) in [5.41, 5.74) is 0.298. The first-order chi connectivity index (χ1) is 11.0. The zero-order chi connectivity index (χ0) is 17.2. The highest BCUT2D eigenvalue weighted by Crippen LogP contribution is 2.24. The highest BCUT2D eigenvalue weighted by Gasteiger charge is 2.25. The van der Waals surface area contributed by atoms with E-state index in [9.17, 15) is 9.59 Å². The maximum Gasteiger partial charge on any atom is 0.341 e. The van der Waals surface area contributed by atoms with Gasteiger partial charge in [-0.1, -0.05) is 52.7 Å². The molecule has 0 radical (unpaired) electrons. The fourth-order valence-electron chi connectivity index (χ4n) is 2.33. The first-order valence-electron chi connectivity index (χ1n) is 8.49. The normalized spacial score (nSPS) is 12.0. The molecule has 0 spiro atoms. The Bertz CT molecular complexity index is 508. The SMILES string of the molecule is CCCCC(C(=O)Oc1ccccc1C(=O)OCCC)C(C)C. The quantitative estimate of drug-likeness (QED) is 0.492. The van der Waals surface area contributed by atoms with Crippen LogP contribution in [0, 0.1) is 11.8 Å². The molecule has 4 heteroatoms. The molecule has 4 nitrogen and oxygen atoms in total. The summed E-state index contributed by atoms with van der Waals surface area (Å²) < 4.78 is 10.7. The van der Waals surface area contributed by atoms with Gasteiger partial charge in [0, 0.05) is 0 Å². The van der Waals surface area contributed by atoms with Gasteiger partial charge in [0.05, 0.1) is 12.5 Å². The van der Waals surface area contributed by atoms with Crippen LogP contribution in [0.4, 0.5) is 0 Å². The molecule has 0 aliphatic rings. The minimum Gasteiger partial charge on any atom is -0.462 e. The lowest BCUT2D eigenvalue weighted by atomic mass is 9.91. The highest BCUT2D eigenvalue weighted by molar-refractivity contribution is 5.93. The molecule has 0 aliphatic heterocycles. The lowest BCUT2D eigenvalue weighted by Crippen LogP contribution is -2.26. The fraction of sp³-hybridized carbons (Fsp3) is 0.579. The Morgan fingerprint density at radius 3 is 2.39 bits per heavy atom. The number of benzene rings is 1. The van der Waals surface area contributed by atoms with Crippen LogP contribution in [0.2, 0.25) is 0 Å². The van der Waals surface area contributed by atoms with Gasteiger partial charge in [-0.15, -0.1) is 0 Å². The van der Waals surface area contributed by atoms with Crippen molar-refractivity contribution in [2.24, 2.45) is 11.8 Å². The predicted molar refractivity (Wildman–Crippen MR) is 90.5 cm³/mol. The third-order valence-electron chi connectivity index (χ3n) is 3.73. The van der Waals surface area contributed by atoms with Gasteiger partial charge in [-0.05, 0) is 30.9 Å². The maximum absolute atomic E-state index is 12.5. The minimum atomic E-state index is -0.454. The Kier molecular flexibility index (Phi) is 8.38. The summed E-state index contributed by atoms with van der Waals surface area (Å²) in [5.74, 6) is -0.405. The Morgan fingerprint density at radius 2 is 1.78 bits per heavy atom. The van der Waals surface area contributed by atoms with Crippen LogP contribution in [0.25, 0.3) is 0 Å². The van der Waals surface area contributed by atoms with E-state index >= 15 is 0 Å². The van der Waals surface area contributed by atoms with Crippen LogP contribution >= 0.6 is 0 Å². The summed E-state index contributed by atoms with van der Waals surface area (Å²) in [5, 5.41) is 0. The van der Waals surface area contributed by atoms with Gasteiger partial charge in [-0.2, -0.15) is 0 Å². The molecule has 0 N–H and O–H groups in total. The Morgan fingerprint density at radius 1 is 1.09 bits per heavy atom. The van der Waals surface area contributed by atoms with E-state index in [-0.39, 0.29) is 23.6 Å². The summed E-state index contributed by atoms with van der Waals surface area (Å²) in [6.07, 6.45) is 3.57. The molecule has 1 rings (SSSR count). The lowest BCUT2D eigenvalue weighted by Gasteiger charge is -2.19. The number of hydrogen-bond acceptors (Lipinski definition) is 4. The third kappa shape index (κ3) is 6.05. The van der Waals surface area contributed by atoms with Gasteiger partial charge in [-0.25, -0.2) is 4.79 Å². The Labute approximate surface area is 139 Å². The summed E-state index contributed by atoms with van der Waals surface area (Å²) in [6.45, 7) is 8.42. The van der Waals surface area contributed by atoms with E-state index in [1.54, 1.807) is 24.3 Å². The molecule has 0 aliphatic carbocycles. The van der Waals surface area contributed by atoms with Crippen LogP contribution in [-0.2, 0) is 9.53 Å². The topological polar surface area (TPSA) is 52.6 Å². The van der Waals surface area contributed by atoms with Gasteiger partial charge in [0.25, 0.3) is 0 Å². The van der Waals surface area contributed by atoms with Gasteiger partial charge in [0.1, 0.15) is 11.3 Å². The van der Waals surface area contributed by atoms with Gasteiger partial charge < -0.3 is 9.47 Å². The third-order valence-corrected chi connectivity index (χ3v) is 3.73.